The number of aliphatic carboxylic acids is 1. The maximum atomic E-state index is 12.4. The van der Waals surface area contributed by atoms with Crippen molar-refractivity contribution in [3.05, 3.63) is 12.2 Å². The van der Waals surface area contributed by atoms with E-state index in [1.165, 1.54) is 32.1 Å². The van der Waals surface area contributed by atoms with E-state index in [0.29, 0.717) is 29.2 Å². The van der Waals surface area contributed by atoms with Gasteiger partial charge in [0.2, 0.25) is 0 Å². The molecular formula is C32H50O4. The van der Waals surface area contributed by atoms with Gasteiger partial charge in [-0.25, -0.2) is 4.79 Å². The van der Waals surface area contributed by atoms with E-state index in [-0.39, 0.29) is 45.1 Å². The van der Waals surface area contributed by atoms with Crippen molar-refractivity contribution < 1.29 is 19.4 Å². The molecule has 36 heavy (non-hydrogen) atoms. The van der Waals surface area contributed by atoms with Crippen LogP contribution < -0.4 is 0 Å². The number of carbonyl (C=O) groups excluding carboxylic acids is 1. The summed E-state index contributed by atoms with van der Waals surface area (Å²) in [5.41, 5.74) is 1.20. The first-order chi connectivity index (χ1) is 16.6. The van der Waals surface area contributed by atoms with E-state index >= 15 is 0 Å². The van der Waals surface area contributed by atoms with Gasteiger partial charge in [0.1, 0.15) is 6.10 Å². The Bertz CT molecular complexity index is 967. The minimum absolute atomic E-state index is 0.0201. The predicted molar refractivity (Wildman–Crippen MR) is 142 cm³/mol. The van der Waals surface area contributed by atoms with Crippen LogP contribution in [0.2, 0.25) is 0 Å². The molecule has 0 aromatic rings. The summed E-state index contributed by atoms with van der Waals surface area (Å²) < 4.78 is 6.27. The summed E-state index contributed by atoms with van der Waals surface area (Å²) in [5, 5.41) is 9.74. The van der Waals surface area contributed by atoms with Crippen molar-refractivity contribution in [3.8, 4) is 0 Å². The zero-order valence-electron chi connectivity index (χ0n) is 23.9. The summed E-state index contributed by atoms with van der Waals surface area (Å²) in [4.78, 5) is 24.3. The fraction of sp³-hybridized carbons (Fsp3) is 0.875. The minimum Gasteiger partial charge on any atom is -0.478 e. The molecule has 0 aromatic heterocycles. The zero-order chi connectivity index (χ0) is 26.5. The highest BCUT2D eigenvalue weighted by Crippen LogP contribution is 2.78. The van der Waals surface area contributed by atoms with Gasteiger partial charge in [-0.2, -0.15) is 0 Å². The van der Waals surface area contributed by atoms with E-state index in [4.69, 9.17) is 4.74 Å². The number of carboxylic acid groups (broad SMARTS) is 1. The van der Waals surface area contributed by atoms with Crippen LogP contribution in [-0.4, -0.2) is 23.1 Å². The summed E-state index contributed by atoms with van der Waals surface area (Å²) in [5.74, 6) is 1.20. The monoisotopic (exact) mass is 498 g/mol. The lowest BCUT2D eigenvalue weighted by atomic mass is 9.31. The van der Waals surface area contributed by atoms with Gasteiger partial charge in [0.15, 0.2) is 0 Å². The molecule has 0 aliphatic heterocycles. The van der Waals surface area contributed by atoms with Gasteiger partial charge in [-0.3, -0.25) is 4.79 Å². The van der Waals surface area contributed by atoms with Crippen LogP contribution in [0, 0.1) is 56.7 Å². The molecule has 0 radical (unpaired) electrons. The van der Waals surface area contributed by atoms with Gasteiger partial charge in [-0.1, -0.05) is 54.5 Å². The maximum absolute atomic E-state index is 12.4. The summed E-state index contributed by atoms with van der Waals surface area (Å²) in [6, 6.07) is 0. The third-order valence-electron chi connectivity index (χ3n) is 13.6. The minimum atomic E-state index is -0.816. The number of carboxylic acids is 1. The van der Waals surface area contributed by atoms with Crippen molar-refractivity contribution in [3.63, 3.8) is 0 Å². The van der Waals surface area contributed by atoms with Gasteiger partial charge < -0.3 is 9.84 Å². The summed E-state index contributed by atoms with van der Waals surface area (Å²) >= 11 is 0. The molecule has 0 heterocycles. The zero-order valence-corrected chi connectivity index (χ0v) is 23.9. The van der Waals surface area contributed by atoms with Gasteiger partial charge in [0.25, 0.3) is 0 Å². The highest BCUT2D eigenvalue weighted by Gasteiger charge is 2.72. The Kier molecular flexibility index (Phi) is 5.91. The largest absolute Gasteiger partial charge is 0.478 e. The van der Waals surface area contributed by atoms with Crippen LogP contribution in [0.15, 0.2) is 12.2 Å². The van der Waals surface area contributed by atoms with Gasteiger partial charge >= 0.3 is 11.9 Å². The highest BCUT2D eigenvalue weighted by atomic mass is 16.5. The smallest absolute Gasteiger partial charge is 0.331 e. The highest BCUT2D eigenvalue weighted by molar-refractivity contribution is 5.86. The fourth-order valence-electron chi connectivity index (χ4n) is 12.3. The van der Waals surface area contributed by atoms with Crippen LogP contribution in [-0.2, 0) is 14.3 Å². The van der Waals surface area contributed by atoms with Gasteiger partial charge in [-0.05, 0) is 109 Å². The van der Waals surface area contributed by atoms with Gasteiger partial charge in [-0.15, -0.1) is 0 Å². The van der Waals surface area contributed by atoms with Crippen molar-refractivity contribution in [1.29, 1.82) is 0 Å². The topological polar surface area (TPSA) is 63.6 Å². The van der Waals surface area contributed by atoms with E-state index in [9.17, 15) is 14.7 Å². The number of rotatable bonds is 3. The fourth-order valence-corrected chi connectivity index (χ4v) is 12.3. The lowest BCUT2D eigenvalue weighted by Crippen LogP contribution is -2.69. The molecule has 5 rings (SSSR count). The number of hydrogen-bond donors (Lipinski definition) is 1. The number of hydrogen-bond acceptors (Lipinski definition) is 3. The molecule has 0 aromatic carbocycles. The molecule has 202 valence electrons. The van der Waals surface area contributed by atoms with E-state index < -0.39 is 5.97 Å². The summed E-state index contributed by atoms with van der Waals surface area (Å²) in [7, 11) is 0. The van der Waals surface area contributed by atoms with E-state index in [0.717, 1.165) is 32.1 Å². The Hall–Kier alpha value is -1.32. The normalized spacial score (nSPS) is 51.2. The first-order valence-electron chi connectivity index (χ1n) is 14.7. The molecule has 1 N–H and O–H groups in total. The third kappa shape index (κ3) is 3.30. The second-order valence-electron chi connectivity index (χ2n) is 15.3. The van der Waals surface area contributed by atoms with Crippen LogP contribution in [0.5, 0.6) is 0 Å². The number of esters is 1. The van der Waals surface area contributed by atoms with Crippen LogP contribution in [0.4, 0.5) is 0 Å². The lowest BCUT2D eigenvalue weighted by Gasteiger charge is -2.73. The number of carbonyl (C=O) groups is 2. The molecule has 4 heteroatoms. The number of ether oxygens (including phenoxy) is 1. The van der Waals surface area contributed by atoms with Crippen molar-refractivity contribution in [2.24, 2.45) is 56.7 Å². The average Bonchev–Trinajstić information content (AvgIpc) is 3.09. The van der Waals surface area contributed by atoms with Gasteiger partial charge in [0.05, 0.1) is 0 Å². The molecule has 5 saturated carbocycles. The van der Waals surface area contributed by atoms with E-state index in [1.807, 2.05) is 0 Å². The third-order valence-corrected chi connectivity index (χ3v) is 13.6. The molecule has 0 unspecified atom stereocenters. The second-order valence-corrected chi connectivity index (χ2v) is 15.3. The van der Waals surface area contributed by atoms with Crippen molar-refractivity contribution >= 4 is 11.9 Å². The molecule has 0 amide bonds. The van der Waals surface area contributed by atoms with Crippen molar-refractivity contribution in [2.45, 2.75) is 119 Å². The lowest BCUT2D eigenvalue weighted by molar-refractivity contribution is -0.270. The van der Waals surface area contributed by atoms with E-state index in [1.54, 1.807) is 6.92 Å². The molecule has 0 bridgehead atoms. The predicted octanol–water partition coefficient (Wildman–Crippen LogP) is 7.66. The average molecular weight is 499 g/mol. The molecule has 4 nitrogen and oxygen atoms in total. The Morgan fingerprint density at radius 3 is 2.08 bits per heavy atom. The molecule has 10 atom stereocenters. The maximum Gasteiger partial charge on any atom is 0.331 e. The standard InChI is InChI=1S/C32H50O4/c1-19(27(34)35)21-12-16-29(5)22(21)13-17-31(7)24(29)10-11-25-30(6)15-9-14-28(3,4)26(30)23(36-20(2)33)18-32(25,31)8/h21-26H,1,9-18H2,2-8H3,(H,34,35)/t21-,22+,23+,24-,25-,26+,29+,30-,31-,32-/m1/s1. The molecule has 0 spiro atoms. The Morgan fingerprint density at radius 2 is 1.47 bits per heavy atom. The Labute approximate surface area is 219 Å². The quantitative estimate of drug-likeness (QED) is 0.320. The molecule has 5 aliphatic rings. The Morgan fingerprint density at radius 1 is 0.833 bits per heavy atom. The van der Waals surface area contributed by atoms with Gasteiger partial charge in [0, 0.05) is 18.4 Å². The summed E-state index contributed by atoms with van der Waals surface area (Å²) in [6.45, 7) is 20.6. The van der Waals surface area contributed by atoms with Crippen molar-refractivity contribution in [2.75, 3.05) is 0 Å². The van der Waals surface area contributed by atoms with Crippen molar-refractivity contribution in [1.82, 2.24) is 0 Å². The molecule has 0 saturated heterocycles. The molecule has 5 fully saturated rings. The van der Waals surface area contributed by atoms with Crippen LogP contribution in [0.25, 0.3) is 0 Å². The number of fused-ring (bicyclic) bond motifs is 7. The Balaban J connectivity index is 1.56. The molecular weight excluding hydrogens is 448 g/mol. The van der Waals surface area contributed by atoms with Crippen LogP contribution in [0.1, 0.15) is 113 Å². The van der Waals surface area contributed by atoms with Crippen LogP contribution >= 0.6 is 0 Å². The van der Waals surface area contributed by atoms with E-state index in [2.05, 4.69) is 48.1 Å². The SMILES string of the molecule is C=C(C(=O)O)[C@H]1CC[C@]2(C)[C@H]3CC[C@@H]4[C@@]5(C)CCCC(C)(C)[C@@H]5[C@@H](OC(C)=O)C[C@@]4(C)[C@]3(C)CC[C@@H]12. The summed E-state index contributed by atoms with van der Waals surface area (Å²) in [6.07, 6.45) is 11.5. The molecule has 5 aliphatic carbocycles. The first kappa shape index (κ1) is 26.3. The second kappa shape index (κ2) is 8.09. The first-order valence-corrected chi connectivity index (χ1v) is 14.7. The van der Waals surface area contributed by atoms with Crippen LogP contribution in [0.3, 0.4) is 0 Å².